The van der Waals surface area contributed by atoms with Crippen LogP contribution in [0.3, 0.4) is 0 Å². The molecule has 8 heteroatoms. The molecule has 3 nitrogen and oxygen atoms in total. The standard InChI is InChI=1S/C13H12BrCl2NO2S2/c14-8-10(6-9-4-2-1-3-5-9)17-21(18,19)11-7-12(15)20-13(11)16/h1-5,7,10,17H,6,8H2. The van der Waals surface area contributed by atoms with Crippen LogP contribution in [0.25, 0.3) is 0 Å². The number of halogens is 3. The predicted octanol–water partition coefficient (Wildman–Crippen LogP) is 4.34. The molecule has 0 aliphatic carbocycles. The second-order valence-electron chi connectivity index (χ2n) is 4.35. The van der Waals surface area contributed by atoms with Gasteiger partial charge in [0.05, 0.1) is 4.34 Å². The molecule has 0 aliphatic rings. The van der Waals surface area contributed by atoms with Crippen LogP contribution in [0.5, 0.6) is 0 Å². The van der Waals surface area contributed by atoms with Gasteiger partial charge in [0, 0.05) is 11.4 Å². The maximum absolute atomic E-state index is 12.4. The molecule has 0 fully saturated rings. The third-order valence-corrected chi connectivity index (χ3v) is 6.80. The van der Waals surface area contributed by atoms with Crippen LogP contribution < -0.4 is 4.72 Å². The molecule has 21 heavy (non-hydrogen) atoms. The number of benzene rings is 1. The van der Waals surface area contributed by atoms with Crippen molar-refractivity contribution in [2.75, 3.05) is 5.33 Å². The van der Waals surface area contributed by atoms with Gasteiger partial charge in [-0.3, -0.25) is 0 Å². The average molecular weight is 429 g/mol. The lowest BCUT2D eigenvalue weighted by Crippen LogP contribution is -2.37. The summed E-state index contributed by atoms with van der Waals surface area (Å²) >= 11 is 16.1. The Morgan fingerprint density at radius 2 is 1.90 bits per heavy atom. The van der Waals surface area contributed by atoms with Gasteiger partial charge < -0.3 is 0 Å². The molecule has 1 aromatic carbocycles. The van der Waals surface area contributed by atoms with E-state index in [-0.39, 0.29) is 15.3 Å². The Hall–Kier alpha value is -0.110. The Kier molecular flexibility index (Phi) is 6.11. The highest BCUT2D eigenvalue weighted by Gasteiger charge is 2.24. The fourth-order valence-electron chi connectivity index (χ4n) is 1.82. The van der Waals surface area contributed by atoms with E-state index >= 15 is 0 Å². The summed E-state index contributed by atoms with van der Waals surface area (Å²) < 4.78 is 27.9. The van der Waals surface area contributed by atoms with Crippen LogP contribution in [0.15, 0.2) is 41.3 Å². The molecular weight excluding hydrogens is 417 g/mol. The molecule has 2 rings (SSSR count). The summed E-state index contributed by atoms with van der Waals surface area (Å²) in [5, 5.41) is 0.497. The number of rotatable bonds is 6. The normalized spacial score (nSPS) is 13.3. The van der Waals surface area contributed by atoms with Gasteiger partial charge in [0.25, 0.3) is 0 Å². The molecular formula is C13H12BrCl2NO2S2. The van der Waals surface area contributed by atoms with Crippen molar-refractivity contribution in [1.29, 1.82) is 0 Å². The number of nitrogens with one attached hydrogen (secondary N) is 1. The Morgan fingerprint density at radius 3 is 2.43 bits per heavy atom. The first-order chi connectivity index (χ1) is 9.92. The van der Waals surface area contributed by atoms with Crippen molar-refractivity contribution in [2.24, 2.45) is 0 Å². The van der Waals surface area contributed by atoms with Crippen molar-refractivity contribution < 1.29 is 8.42 Å². The van der Waals surface area contributed by atoms with E-state index in [0.29, 0.717) is 16.1 Å². The van der Waals surface area contributed by atoms with Crippen LogP contribution in [-0.4, -0.2) is 19.8 Å². The van der Waals surface area contributed by atoms with Crippen LogP contribution in [-0.2, 0) is 16.4 Å². The fourth-order valence-corrected chi connectivity index (χ4v) is 5.81. The molecule has 0 radical (unpaired) electrons. The molecule has 1 aromatic heterocycles. The average Bonchev–Trinajstić information content (AvgIpc) is 2.79. The molecule has 0 aliphatic heterocycles. The lowest BCUT2D eigenvalue weighted by atomic mass is 10.1. The summed E-state index contributed by atoms with van der Waals surface area (Å²) in [6, 6.07) is 10.8. The third-order valence-electron chi connectivity index (χ3n) is 2.75. The first-order valence-corrected chi connectivity index (χ1v) is 10.2. The van der Waals surface area contributed by atoms with Crippen molar-refractivity contribution >= 4 is 60.5 Å². The monoisotopic (exact) mass is 427 g/mol. The summed E-state index contributed by atoms with van der Waals surface area (Å²) in [6.07, 6.45) is 0.584. The van der Waals surface area contributed by atoms with Gasteiger partial charge in [-0.1, -0.05) is 69.5 Å². The highest BCUT2D eigenvalue weighted by atomic mass is 79.9. The molecule has 0 bridgehead atoms. The molecule has 2 aromatic rings. The minimum absolute atomic E-state index is 0.0261. The van der Waals surface area contributed by atoms with Gasteiger partial charge in [0.1, 0.15) is 9.23 Å². The number of hydrogen-bond donors (Lipinski definition) is 1. The summed E-state index contributed by atoms with van der Waals surface area (Å²) in [5.74, 6) is 0. The highest BCUT2D eigenvalue weighted by Crippen LogP contribution is 2.34. The predicted molar refractivity (Wildman–Crippen MR) is 92.4 cm³/mol. The van der Waals surface area contributed by atoms with Crippen LogP contribution in [0, 0.1) is 0 Å². The Morgan fingerprint density at radius 1 is 1.24 bits per heavy atom. The van der Waals surface area contributed by atoms with E-state index in [1.165, 1.54) is 6.07 Å². The number of sulfonamides is 1. The van der Waals surface area contributed by atoms with Gasteiger partial charge in [-0.15, -0.1) is 11.3 Å². The van der Waals surface area contributed by atoms with E-state index in [1.807, 2.05) is 30.3 Å². The Labute approximate surface area is 146 Å². The molecule has 1 unspecified atom stereocenters. The summed E-state index contributed by atoms with van der Waals surface area (Å²) in [6.45, 7) is 0. The lowest BCUT2D eigenvalue weighted by molar-refractivity contribution is 0.563. The van der Waals surface area contributed by atoms with Gasteiger partial charge in [-0.25, -0.2) is 13.1 Å². The quantitative estimate of drug-likeness (QED) is 0.695. The van der Waals surface area contributed by atoms with Crippen molar-refractivity contribution in [2.45, 2.75) is 17.4 Å². The van der Waals surface area contributed by atoms with Gasteiger partial charge in [0.2, 0.25) is 10.0 Å². The SMILES string of the molecule is O=S(=O)(NC(CBr)Cc1ccccc1)c1cc(Cl)sc1Cl. The molecule has 0 saturated carbocycles. The Balaban J connectivity index is 2.16. The van der Waals surface area contributed by atoms with Crippen molar-refractivity contribution in [3.05, 3.63) is 50.6 Å². The zero-order chi connectivity index (χ0) is 15.5. The van der Waals surface area contributed by atoms with Gasteiger partial charge in [0.15, 0.2) is 0 Å². The molecule has 0 spiro atoms. The maximum atomic E-state index is 12.4. The molecule has 0 amide bonds. The van der Waals surface area contributed by atoms with E-state index in [0.717, 1.165) is 16.9 Å². The van der Waals surface area contributed by atoms with Crippen molar-refractivity contribution in [1.82, 2.24) is 4.72 Å². The zero-order valence-corrected chi connectivity index (χ0v) is 15.5. The van der Waals surface area contributed by atoms with Gasteiger partial charge in [-0.2, -0.15) is 0 Å². The Bertz CT molecular complexity index is 704. The highest BCUT2D eigenvalue weighted by molar-refractivity contribution is 9.09. The van der Waals surface area contributed by atoms with Crippen LogP contribution in [0.2, 0.25) is 8.67 Å². The summed E-state index contributed by atoms with van der Waals surface area (Å²) in [5.41, 5.74) is 1.05. The zero-order valence-electron chi connectivity index (χ0n) is 10.7. The van der Waals surface area contributed by atoms with Crippen LogP contribution >= 0.6 is 50.5 Å². The van der Waals surface area contributed by atoms with E-state index < -0.39 is 10.0 Å². The minimum atomic E-state index is -3.69. The maximum Gasteiger partial charge on any atom is 0.243 e. The smallest absolute Gasteiger partial charge is 0.207 e. The summed E-state index contributed by atoms with van der Waals surface area (Å²) in [4.78, 5) is 0.0261. The van der Waals surface area contributed by atoms with Crippen molar-refractivity contribution in [3.8, 4) is 0 Å². The lowest BCUT2D eigenvalue weighted by Gasteiger charge is -2.16. The molecule has 114 valence electrons. The first kappa shape index (κ1) is 17.2. The van der Waals surface area contributed by atoms with Crippen molar-refractivity contribution in [3.63, 3.8) is 0 Å². The number of alkyl halides is 1. The fraction of sp³-hybridized carbons (Fsp3) is 0.231. The van der Waals surface area contributed by atoms with Gasteiger partial charge >= 0.3 is 0 Å². The molecule has 1 N–H and O–H groups in total. The second-order valence-corrected chi connectivity index (χ2v) is 8.97. The topological polar surface area (TPSA) is 46.2 Å². The van der Waals surface area contributed by atoms with E-state index in [1.54, 1.807) is 0 Å². The van der Waals surface area contributed by atoms with E-state index in [9.17, 15) is 8.42 Å². The van der Waals surface area contributed by atoms with E-state index in [2.05, 4.69) is 20.7 Å². The largest absolute Gasteiger partial charge is 0.243 e. The number of hydrogen-bond acceptors (Lipinski definition) is 3. The molecule has 1 heterocycles. The third kappa shape index (κ3) is 4.68. The van der Waals surface area contributed by atoms with Crippen LogP contribution in [0.1, 0.15) is 5.56 Å². The summed E-state index contributed by atoms with van der Waals surface area (Å²) in [7, 11) is -3.69. The second kappa shape index (κ2) is 7.44. The van der Waals surface area contributed by atoms with Crippen LogP contribution in [0.4, 0.5) is 0 Å². The number of thiophene rings is 1. The van der Waals surface area contributed by atoms with Gasteiger partial charge in [-0.05, 0) is 18.1 Å². The molecule has 1 atom stereocenters. The first-order valence-electron chi connectivity index (χ1n) is 5.99. The minimum Gasteiger partial charge on any atom is -0.207 e. The van der Waals surface area contributed by atoms with E-state index in [4.69, 9.17) is 23.2 Å². The molecule has 0 saturated heterocycles.